The third-order valence-electron chi connectivity index (χ3n) is 5.51. The van der Waals surface area contributed by atoms with Gasteiger partial charge in [-0.25, -0.2) is 5.43 Å². The molecule has 5 nitrogen and oxygen atoms in total. The predicted molar refractivity (Wildman–Crippen MR) is 128 cm³/mol. The summed E-state index contributed by atoms with van der Waals surface area (Å²) >= 11 is 0. The lowest BCUT2D eigenvalue weighted by molar-refractivity contribution is -0.137. The van der Waals surface area contributed by atoms with Gasteiger partial charge in [0.05, 0.1) is 24.0 Å². The predicted octanol–water partition coefficient (Wildman–Crippen LogP) is 5.83. The molecule has 0 bridgehead atoms. The minimum absolute atomic E-state index is 0.201. The molecule has 1 heterocycles. The number of hydrogen-bond donors (Lipinski definition) is 2. The van der Waals surface area contributed by atoms with E-state index in [1.165, 1.54) is 12.1 Å². The highest BCUT2D eigenvalue weighted by Crippen LogP contribution is 2.30. The Morgan fingerprint density at radius 1 is 1.00 bits per heavy atom. The maximum Gasteiger partial charge on any atom is 0.416 e. The van der Waals surface area contributed by atoms with Gasteiger partial charge in [-0.05, 0) is 49.6 Å². The summed E-state index contributed by atoms with van der Waals surface area (Å²) in [5.74, 6) is -0.475. The quantitative estimate of drug-likeness (QED) is 0.279. The van der Waals surface area contributed by atoms with E-state index in [4.69, 9.17) is 0 Å². The minimum Gasteiger partial charge on any atom is -0.376 e. The van der Waals surface area contributed by atoms with Gasteiger partial charge < -0.3 is 9.88 Å². The van der Waals surface area contributed by atoms with Crippen LogP contribution in [-0.2, 0) is 11.0 Å². The molecule has 4 rings (SSSR count). The standard InChI is InChI=1S/C26H23F3N4O/c1-17-13-20(18(2)33(17)24-12-5-8-19-7-3-4-11-23(19)24)15-31-32-25(34)16-30-22-10-6-9-21(14-22)26(27,28)29/h3-15,30H,16H2,1-2H3,(H,32,34)/b31-15-. The van der Waals surface area contributed by atoms with E-state index in [0.717, 1.165) is 45.5 Å². The number of nitrogens with one attached hydrogen (secondary N) is 2. The summed E-state index contributed by atoms with van der Waals surface area (Å²) in [6.07, 6.45) is -2.88. The zero-order valence-corrected chi connectivity index (χ0v) is 18.6. The molecule has 3 aromatic carbocycles. The largest absolute Gasteiger partial charge is 0.416 e. The third-order valence-corrected chi connectivity index (χ3v) is 5.51. The number of anilines is 1. The molecule has 0 radical (unpaired) electrons. The first-order chi connectivity index (χ1) is 16.2. The van der Waals surface area contributed by atoms with Crippen molar-refractivity contribution in [3.8, 4) is 5.69 Å². The Morgan fingerprint density at radius 3 is 2.53 bits per heavy atom. The zero-order valence-electron chi connectivity index (χ0n) is 18.6. The number of amides is 1. The Labute approximate surface area is 194 Å². The number of fused-ring (bicyclic) bond motifs is 1. The van der Waals surface area contributed by atoms with Gasteiger partial charge in [0.25, 0.3) is 5.91 Å². The molecule has 4 aromatic rings. The number of alkyl halides is 3. The molecular weight excluding hydrogens is 441 g/mol. The molecule has 8 heteroatoms. The molecule has 0 aliphatic carbocycles. The highest BCUT2D eigenvalue weighted by Gasteiger charge is 2.30. The number of hydrogen-bond acceptors (Lipinski definition) is 3. The van der Waals surface area contributed by atoms with Crippen LogP contribution in [0.15, 0.2) is 77.9 Å². The highest BCUT2D eigenvalue weighted by atomic mass is 19.4. The van der Waals surface area contributed by atoms with Crippen molar-refractivity contribution in [1.29, 1.82) is 0 Å². The third kappa shape index (κ3) is 4.96. The van der Waals surface area contributed by atoms with Gasteiger partial charge in [-0.3, -0.25) is 4.79 Å². The van der Waals surface area contributed by atoms with E-state index in [9.17, 15) is 18.0 Å². The lowest BCUT2D eigenvalue weighted by Crippen LogP contribution is -2.26. The SMILES string of the molecule is Cc1cc(/C=N\NC(=O)CNc2cccc(C(F)(F)F)c2)c(C)n1-c1cccc2ccccc12. The smallest absolute Gasteiger partial charge is 0.376 e. The fraction of sp³-hybridized carbons (Fsp3) is 0.154. The Kier molecular flexibility index (Phi) is 6.40. The van der Waals surface area contributed by atoms with Crippen LogP contribution in [0.1, 0.15) is 22.5 Å². The molecule has 1 aromatic heterocycles. The van der Waals surface area contributed by atoms with Crippen molar-refractivity contribution in [3.63, 3.8) is 0 Å². The van der Waals surface area contributed by atoms with Crippen LogP contribution < -0.4 is 10.7 Å². The normalized spacial score (nSPS) is 11.8. The van der Waals surface area contributed by atoms with Gasteiger partial charge in [0, 0.05) is 28.0 Å². The summed E-state index contributed by atoms with van der Waals surface area (Å²) in [6, 6.07) is 21.0. The number of halogens is 3. The number of hydrazone groups is 1. The first-order valence-electron chi connectivity index (χ1n) is 10.6. The van der Waals surface area contributed by atoms with Crippen molar-refractivity contribution in [2.45, 2.75) is 20.0 Å². The zero-order chi connectivity index (χ0) is 24.3. The van der Waals surface area contributed by atoms with Gasteiger partial charge in [0.1, 0.15) is 0 Å². The molecule has 0 atom stereocenters. The van der Waals surface area contributed by atoms with Crippen LogP contribution in [0.3, 0.4) is 0 Å². The Hall–Kier alpha value is -4.07. The number of carbonyl (C=O) groups is 1. The molecule has 0 unspecified atom stereocenters. The minimum atomic E-state index is -4.44. The van der Waals surface area contributed by atoms with E-state index in [1.807, 2.05) is 38.1 Å². The monoisotopic (exact) mass is 464 g/mol. The van der Waals surface area contributed by atoms with Gasteiger partial charge >= 0.3 is 6.18 Å². The molecule has 1 amide bonds. The van der Waals surface area contributed by atoms with Gasteiger partial charge in [0.2, 0.25) is 0 Å². The Morgan fingerprint density at radius 2 is 1.74 bits per heavy atom. The Balaban J connectivity index is 1.43. The maximum absolute atomic E-state index is 12.8. The summed E-state index contributed by atoms with van der Waals surface area (Å²) in [7, 11) is 0. The van der Waals surface area contributed by atoms with Crippen LogP contribution in [0.5, 0.6) is 0 Å². The highest BCUT2D eigenvalue weighted by molar-refractivity contribution is 5.91. The number of rotatable bonds is 6. The van der Waals surface area contributed by atoms with E-state index in [-0.39, 0.29) is 12.2 Å². The lowest BCUT2D eigenvalue weighted by Gasteiger charge is -2.13. The van der Waals surface area contributed by atoms with Crippen LogP contribution in [0.4, 0.5) is 18.9 Å². The fourth-order valence-corrected chi connectivity index (χ4v) is 3.89. The van der Waals surface area contributed by atoms with Crippen LogP contribution in [0.2, 0.25) is 0 Å². The molecule has 0 saturated carbocycles. The topological polar surface area (TPSA) is 58.4 Å². The van der Waals surface area contributed by atoms with Crippen molar-refractivity contribution >= 4 is 28.6 Å². The first-order valence-corrected chi connectivity index (χ1v) is 10.6. The molecule has 0 fully saturated rings. The van der Waals surface area contributed by atoms with E-state index in [1.54, 1.807) is 6.21 Å². The molecule has 34 heavy (non-hydrogen) atoms. The van der Waals surface area contributed by atoms with Crippen molar-refractivity contribution < 1.29 is 18.0 Å². The molecular formula is C26H23F3N4O. The lowest BCUT2D eigenvalue weighted by atomic mass is 10.1. The number of benzene rings is 3. The number of nitrogens with zero attached hydrogens (tertiary/aromatic N) is 2. The molecule has 0 spiro atoms. The second-order valence-corrected chi connectivity index (χ2v) is 7.89. The summed E-state index contributed by atoms with van der Waals surface area (Å²) < 4.78 is 40.6. The number of aryl methyl sites for hydroxylation is 1. The van der Waals surface area contributed by atoms with Gasteiger partial charge in [-0.2, -0.15) is 18.3 Å². The molecule has 174 valence electrons. The molecule has 0 aliphatic rings. The van der Waals surface area contributed by atoms with Crippen molar-refractivity contribution in [1.82, 2.24) is 9.99 Å². The summed E-state index contributed by atoms with van der Waals surface area (Å²) in [6.45, 7) is 3.77. The van der Waals surface area contributed by atoms with Gasteiger partial charge in [-0.15, -0.1) is 0 Å². The van der Waals surface area contributed by atoms with Crippen LogP contribution in [-0.4, -0.2) is 23.2 Å². The maximum atomic E-state index is 12.8. The average Bonchev–Trinajstić information content (AvgIpc) is 3.09. The second kappa shape index (κ2) is 9.43. The second-order valence-electron chi connectivity index (χ2n) is 7.89. The summed E-state index contributed by atoms with van der Waals surface area (Å²) in [5.41, 5.74) is 5.72. The van der Waals surface area contributed by atoms with Crippen LogP contribution in [0, 0.1) is 13.8 Å². The van der Waals surface area contributed by atoms with Crippen molar-refractivity contribution in [2.75, 3.05) is 11.9 Å². The molecule has 0 aliphatic heterocycles. The first kappa shape index (κ1) is 23.1. The van der Waals surface area contributed by atoms with Crippen LogP contribution in [0.25, 0.3) is 16.5 Å². The van der Waals surface area contributed by atoms with Gasteiger partial charge in [-0.1, -0.05) is 42.5 Å². The van der Waals surface area contributed by atoms with Crippen LogP contribution >= 0.6 is 0 Å². The van der Waals surface area contributed by atoms with Gasteiger partial charge in [0.15, 0.2) is 0 Å². The van der Waals surface area contributed by atoms with E-state index in [0.29, 0.717) is 0 Å². The number of aromatic nitrogens is 1. The average molecular weight is 464 g/mol. The van der Waals surface area contributed by atoms with Crippen molar-refractivity contribution in [3.05, 3.63) is 95.3 Å². The van der Waals surface area contributed by atoms with Crippen molar-refractivity contribution in [2.24, 2.45) is 5.10 Å². The van der Waals surface area contributed by atoms with E-state index in [2.05, 4.69) is 44.7 Å². The van der Waals surface area contributed by atoms with E-state index < -0.39 is 17.6 Å². The molecule has 2 N–H and O–H groups in total. The molecule has 0 saturated heterocycles. The Bertz CT molecular complexity index is 1370. The van der Waals surface area contributed by atoms with E-state index >= 15 is 0 Å². The summed E-state index contributed by atoms with van der Waals surface area (Å²) in [4.78, 5) is 12.1. The summed E-state index contributed by atoms with van der Waals surface area (Å²) in [5, 5.41) is 8.97. The fourth-order valence-electron chi connectivity index (χ4n) is 3.89. The number of carbonyl (C=O) groups excluding carboxylic acids is 1.